The number of aromatic nitrogens is 5. The van der Waals surface area contributed by atoms with Gasteiger partial charge in [0, 0.05) is 41.9 Å². The van der Waals surface area contributed by atoms with Gasteiger partial charge in [-0.25, -0.2) is 4.98 Å². The lowest BCUT2D eigenvalue weighted by Gasteiger charge is -2.28. The van der Waals surface area contributed by atoms with Crippen molar-refractivity contribution in [1.29, 1.82) is 0 Å². The summed E-state index contributed by atoms with van der Waals surface area (Å²) in [7, 11) is 0. The Morgan fingerprint density at radius 2 is 2.26 bits per heavy atom. The van der Waals surface area contributed by atoms with Crippen LogP contribution < -0.4 is 11.1 Å². The molecule has 5 N–H and O–H groups in total. The number of rotatable bonds is 3. The van der Waals surface area contributed by atoms with Crippen LogP contribution in [0, 0.1) is 0 Å². The maximum atomic E-state index is 9.23. The van der Waals surface area contributed by atoms with E-state index in [0.717, 1.165) is 41.9 Å². The molecule has 2 atom stereocenters. The van der Waals surface area contributed by atoms with Gasteiger partial charge in [0.2, 0.25) is 0 Å². The Hall–Kier alpha value is -2.45. The van der Waals surface area contributed by atoms with Gasteiger partial charge in [-0.2, -0.15) is 14.7 Å². The Morgan fingerprint density at radius 1 is 1.35 bits per heavy atom. The molecule has 0 aliphatic carbocycles. The fraction of sp³-hybridized carbons (Fsp3) is 0.400. The molecule has 3 aromatic heterocycles. The number of piperidine rings is 1. The summed E-state index contributed by atoms with van der Waals surface area (Å²) in [6.45, 7) is 0.970. The second kappa shape index (κ2) is 5.64. The van der Waals surface area contributed by atoms with Crippen molar-refractivity contribution < 1.29 is 5.11 Å². The van der Waals surface area contributed by atoms with E-state index in [1.54, 1.807) is 16.9 Å². The van der Waals surface area contributed by atoms with Crippen molar-refractivity contribution in [2.75, 3.05) is 18.9 Å². The molecule has 120 valence electrons. The summed E-state index contributed by atoms with van der Waals surface area (Å²) in [4.78, 5) is 4.80. The maximum absolute atomic E-state index is 9.23. The predicted molar refractivity (Wildman–Crippen MR) is 85.8 cm³/mol. The minimum Gasteiger partial charge on any atom is -0.395 e. The molecule has 0 amide bonds. The van der Waals surface area contributed by atoms with Gasteiger partial charge >= 0.3 is 0 Å². The number of fused-ring (bicyclic) bond motifs is 1. The lowest BCUT2D eigenvalue weighted by Crippen LogP contribution is -2.40. The summed E-state index contributed by atoms with van der Waals surface area (Å²) < 4.78 is 1.65. The summed E-state index contributed by atoms with van der Waals surface area (Å²) in [5.41, 5.74) is 9.71. The van der Waals surface area contributed by atoms with Crippen LogP contribution in [0.4, 0.5) is 5.82 Å². The van der Waals surface area contributed by atoms with Crippen molar-refractivity contribution in [2.45, 2.75) is 24.8 Å². The summed E-state index contributed by atoms with van der Waals surface area (Å²) in [6.07, 6.45) is 7.23. The highest BCUT2D eigenvalue weighted by molar-refractivity contribution is 5.77. The number of hydrogen-bond acceptors (Lipinski definition) is 6. The number of nitrogen functional groups attached to an aromatic ring is 1. The number of nitrogens with zero attached hydrogens (tertiary/aromatic N) is 4. The van der Waals surface area contributed by atoms with Crippen LogP contribution in [0.1, 0.15) is 24.5 Å². The van der Waals surface area contributed by atoms with E-state index in [1.165, 1.54) is 0 Å². The first-order chi connectivity index (χ1) is 11.3. The van der Waals surface area contributed by atoms with Crippen molar-refractivity contribution in [3.05, 3.63) is 30.4 Å². The number of H-pyrrole nitrogens is 1. The smallest absolute Gasteiger partial charge is 0.165 e. The largest absolute Gasteiger partial charge is 0.395 e. The average molecular weight is 313 g/mol. The fourth-order valence-corrected chi connectivity index (χ4v) is 3.14. The monoisotopic (exact) mass is 313 g/mol. The van der Waals surface area contributed by atoms with Crippen LogP contribution in [0.15, 0.2) is 24.7 Å². The first kappa shape index (κ1) is 14.2. The summed E-state index contributed by atoms with van der Waals surface area (Å²) in [5.74, 6) is 0.862. The second-order valence-electron chi connectivity index (χ2n) is 5.95. The number of aliphatic hydroxyl groups is 1. The fourth-order valence-electron chi connectivity index (χ4n) is 3.14. The molecule has 3 aromatic rings. The van der Waals surface area contributed by atoms with Gasteiger partial charge in [0.25, 0.3) is 0 Å². The number of anilines is 1. The molecule has 4 heterocycles. The van der Waals surface area contributed by atoms with Crippen LogP contribution in [0.5, 0.6) is 0 Å². The Bertz CT molecular complexity index is 803. The highest BCUT2D eigenvalue weighted by atomic mass is 16.3. The summed E-state index contributed by atoms with van der Waals surface area (Å²) in [6, 6.07) is 2.08. The number of aromatic amines is 1. The zero-order valence-electron chi connectivity index (χ0n) is 12.6. The summed E-state index contributed by atoms with van der Waals surface area (Å²) >= 11 is 0. The highest BCUT2D eigenvalue weighted by Gasteiger charge is 2.23. The number of nitrogens with one attached hydrogen (secondary N) is 2. The third-order valence-electron chi connectivity index (χ3n) is 4.48. The van der Waals surface area contributed by atoms with Gasteiger partial charge < -0.3 is 16.2 Å². The van der Waals surface area contributed by atoms with Crippen LogP contribution in [0.2, 0.25) is 0 Å². The lowest BCUT2D eigenvalue weighted by molar-refractivity contribution is 0.212. The number of nitrogens with two attached hydrogens (primary N) is 1. The molecule has 0 radical (unpaired) electrons. The van der Waals surface area contributed by atoms with E-state index in [1.807, 2.05) is 12.3 Å². The maximum Gasteiger partial charge on any atom is 0.165 e. The standard InChI is InChI=1S/C15H19N7O/c16-14-3-13(9-1-2-11(8-23)17-4-9)21-15-12(7-20-22(14)15)10-5-18-19-6-10/h3,5-7,9,11,17,23H,1-2,4,8,16H2,(H,18,19)/t9-,11-/m0/s1. The van der Waals surface area contributed by atoms with Crippen molar-refractivity contribution >= 4 is 11.5 Å². The SMILES string of the molecule is Nc1cc([C@H]2CC[C@@H](CO)NC2)nc2c(-c3cn[nH]c3)cnn12. The van der Waals surface area contributed by atoms with Gasteiger partial charge in [-0.1, -0.05) is 0 Å². The molecule has 0 aromatic carbocycles. The first-order valence-corrected chi connectivity index (χ1v) is 7.74. The number of hydrogen-bond donors (Lipinski definition) is 4. The Morgan fingerprint density at radius 3 is 2.96 bits per heavy atom. The van der Waals surface area contributed by atoms with Crippen LogP contribution >= 0.6 is 0 Å². The first-order valence-electron chi connectivity index (χ1n) is 7.74. The van der Waals surface area contributed by atoms with Gasteiger partial charge in [-0.15, -0.1) is 0 Å². The summed E-state index contributed by atoms with van der Waals surface area (Å²) in [5, 5.41) is 23.7. The minimum absolute atomic E-state index is 0.175. The lowest BCUT2D eigenvalue weighted by atomic mass is 9.92. The number of aliphatic hydroxyl groups excluding tert-OH is 1. The molecule has 1 aliphatic heterocycles. The molecule has 8 heteroatoms. The van der Waals surface area contributed by atoms with E-state index < -0.39 is 0 Å². The third kappa shape index (κ3) is 2.45. The molecule has 0 bridgehead atoms. The topological polar surface area (TPSA) is 117 Å². The minimum atomic E-state index is 0.175. The molecule has 0 spiro atoms. The van der Waals surface area contributed by atoms with E-state index in [-0.39, 0.29) is 18.6 Å². The van der Waals surface area contributed by atoms with Gasteiger partial charge in [-0.05, 0) is 12.8 Å². The zero-order chi connectivity index (χ0) is 15.8. The van der Waals surface area contributed by atoms with Crippen LogP contribution in [0.25, 0.3) is 16.8 Å². The van der Waals surface area contributed by atoms with E-state index in [0.29, 0.717) is 5.82 Å². The predicted octanol–water partition coefficient (Wildman–Crippen LogP) is 0.529. The van der Waals surface area contributed by atoms with Crippen molar-refractivity contribution in [2.24, 2.45) is 0 Å². The van der Waals surface area contributed by atoms with Gasteiger partial charge in [0.15, 0.2) is 5.65 Å². The Kier molecular flexibility index (Phi) is 3.47. The van der Waals surface area contributed by atoms with E-state index in [2.05, 4.69) is 20.6 Å². The normalized spacial score (nSPS) is 21.8. The average Bonchev–Trinajstić information content (AvgIpc) is 3.24. The van der Waals surface area contributed by atoms with Gasteiger partial charge in [0.1, 0.15) is 5.82 Å². The molecule has 0 unspecified atom stereocenters. The Labute approximate surface area is 132 Å². The van der Waals surface area contributed by atoms with Crippen LogP contribution in [-0.2, 0) is 0 Å². The van der Waals surface area contributed by atoms with Gasteiger partial charge in [-0.3, -0.25) is 5.10 Å². The molecule has 4 rings (SSSR count). The van der Waals surface area contributed by atoms with E-state index in [9.17, 15) is 5.11 Å². The Balaban J connectivity index is 1.73. The molecule has 23 heavy (non-hydrogen) atoms. The zero-order valence-corrected chi connectivity index (χ0v) is 12.6. The molecule has 1 fully saturated rings. The quantitative estimate of drug-likeness (QED) is 0.560. The van der Waals surface area contributed by atoms with E-state index in [4.69, 9.17) is 10.7 Å². The van der Waals surface area contributed by atoms with Crippen molar-refractivity contribution in [1.82, 2.24) is 30.1 Å². The van der Waals surface area contributed by atoms with Crippen molar-refractivity contribution in [3.8, 4) is 11.1 Å². The second-order valence-corrected chi connectivity index (χ2v) is 5.95. The molecule has 1 saturated heterocycles. The molecule has 8 nitrogen and oxygen atoms in total. The molecular weight excluding hydrogens is 294 g/mol. The molecule has 1 aliphatic rings. The third-order valence-corrected chi connectivity index (χ3v) is 4.48. The molecule has 0 saturated carbocycles. The highest BCUT2D eigenvalue weighted by Crippen LogP contribution is 2.29. The van der Waals surface area contributed by atoms with Crippen LogP contribution in [-0.4, -0.2) is 49.1 Å². The van der Waals surface area contributed by atoms with Crippen molar-refractivity contribution in [3.63, 3.8) is 0 Å². The molecular formula is C15H19N7O. The van der Waals surface area contributed by atoms with E-state index >= 15 is 0 Å². The van der Waals surface area contributed by atoms with Crippen LogP contribution in [0.3, 0.4) is 0 Å². The van der Waals surface area contributed by atoms with Gasteiger partial charge in [0.05, 0.1) is 24.7 Å².